The summed E-state index contributed by atoms with van der Waals surface area (Å²) < 4.78 is 1.87. The molecular formula is C19H20N4O. The number of carbonyl (C=O) groups excluding carboxylic acids is 1. The van der Waals surface area contributed by atoms with Gasteiger partial charge < -0.3 is 4.90 Å². The number of amides is 1. The minimum absolute atomic E-state index is 0.0454. The van der Waals surface area contributed by atoms with Crippen LogP contribution in [0, 0.1) is 6.92 Å². The van der Waals surface area contributed by atoms with Gasteiger partial charge in [0.05, 0.1) is 5.56 Å². The second-order valence-corrected chi connectivity index (χ2v) is 6.30. The van der Waals surface area contributed by atoms with E-state index in [0.29, 0.717) is 5.56 Å². The number of benzene rings is 1. The van der Waals surface area contributed by atoms with Gasteiger partial charge in [-0.15, -0.1) is 10.2 Å². The SMILES string of the molecule is CC[C@H]1CCc2ccccc2N1C(=O)c1ccc2nnc(C)n2c1. The third kappa shape index (κ3) is 2.28. The van der Waals surface area contributed by atoms with Crippen LogP contribution in [-0.4, -0.2) is 26.5 Å². The number of nitrogens with zero attached hydrogens (tertiary/aromatic N) is 4. The van der Waals surface area contributed by atoms with Gasteiger partial charge >= 0.3 is 0 Å². The van der Waals surface area contributed by atoms with Gasteiger partial charge in [0.25, 0.3) is 5.91 Å². The lowest BCUT2D eigenvalue weighted by atomic mass is 9.93. The Kier molecular flexibility index (Phi) is 3.56. The number of aromatic nitrogens is 3. The van der Waals surface area contributed by atoms with Gasteiger partial charge in [0.2, 0.25) is 0 Å². The van der Waals surface area contributed by atoms with Gasteiger partial charge in [-0.25, -0.2) is 0 Å². The molecule has 1 amide bonds. The van der Waals surface area contributed by atoms with Crippen molar-refractivity contribution in [3.8, 4) is 0 Å². The van der Waals surface area contributed by atoms with E-state index < -0.39 is 0 Å². The fourth-order valence-electron chi connectivity index (χ4n) is 3.54. The van der Waals surface area contributed by atoms with Gasteiger partial charge in [0, 0.05) is 17.9 Å². The Morgan fingerprint density at radius 2 is 2.04 bits per heavy atom. The molecule has 5 nitrogen and oxygen atoms in total. The van der Waals surface area contributed by atoms with Crippen molar-refractivity contribution in [2.75, 3.05) is 4.90 Å². The summed E-state index contributed by atoms with van der Waals surface area (Å²) in [7, 11) is 0. The van der Waals surface area contributed by atoms with E-state index in [1.807, 2.05) is 46.7 Å². The third-order valence-corrected chi connectivity index (χ3v) is 4.87. The second kappa shape index (κ2) is 5.74. The van der Waals surface area contributed by atoms with Crippen LogP contribution in [0.4, 0.5) is 5.69 Å². The van der Waals surface area contributed by atoms with Crippen LogP contribution in [0.3, 0.4) is 0 Å². The van der Waals surface area contributed by atoms with Crippen molar-refractivity contribution >= 4 is 17.2 Å². The first-order valence-corrected chi connectivity index (χ1v) is 8.42. The molecule has 24 heavy (non-hydrogen) atoms. The summed E-state index contributed by atoms with van der Waals surface area (Å²) in [5, 5.41) is 8.15. The van der Waals surface area contributed by atoms with E-state index in [1.54, 1.807) is 0 Å². The molecule has 0 unspecified atom stereocenters. The van der Waals surface area contributed by atoms with Gasteiger partial charge in [-0.1, -0.05) is 25.1 Å². The van der Waals surface area contributed by atoms with Crippen molar-refractivity contribution in [3.05, 3.63) is 59.5 Å². The molecule has 4 rings (SSSR count). The Morgan fingerprint density at radius 1 is 1.21 bits per heavy atom. The average Bonchev–Trinajstić information content (AvgIpc) is 3.00. The smallest absolute Gasteiger partial charge is 0.260 e. The van der Waals surface area contributed by atoms with Crippen LogP contribution in [-0.2, 0) is 6.42 Å². The molecule has 2 aromatic heterocycles. The molecule has 122 valence electrons. The number of rotatable bonds is 2. The van der Waals surface area contributed by atoms with E-state index >= 15 is 0 Å². The Hall–Kier alpha value is -2.69. The molecule has 1 aliphatic rings. The molecule has 5 heteroatoms. The van der Waals surface area contributed by atoms with Crippen LogP contribution in [0.15, 0.2) is 42.6 Å². The van der Waals surface area contributed by atoms with E-state index in [2.05, 4.69) is 29.3 Å². The number of carbonyl (C=O) groups is 1. The molecular weight excluding hydrogens is 300 g/mol. The predicted molar refractivity (Wildman–Crippen MR) is 93.4 cm³/mol. The molecule has 0 saturated heterocycles. The summed E-state index contributed by atoms with van der Waals surface area (Å²) in [4.78, 5) is 15.3. The maximum atomic E-state index is 13.3. The molecule has 0 aliphatic carbocycles. The molecule has 0 radical (unpaired) electrons. The zero-order valence-electron chi connectivity index (χ0n) is 13.9. The lowest BCUT2D eigenvalue weighted by molar-refractivity contribution is 0.0971. The lowest BCUT2D eigenvalue weighted by Gasteiger charge is -2.37. The highest BCUT2D eigenvalue weighted by Gasteiger charge is 2.30. The summed E-state index contributed by atoms with van der Waals surface area (Å²) in [6.45, 7) is 4.03. The van der Waals surface area contributed by atoms with Crippen molar-refractivity contribution in [2.24, 2.45) is 0 Å². The van der Waals surface area contributed by atoms with Crippen LogP contribution >= 0.6 is 0 Å². The topological polar surface area (TPSA) is 50.5 Å². The highest BCUT2D eigenvalue weighted by atomic mass is 16.2. The summed E-state index contributed by atoms with van der Waals surface area (Å²) >= 11 is 0. The summed E-state index contributed by atoms with van der Waals surface area (Å²) in [6, 6.07) is 12.2. The van der Waals surface area contributed by atoms with Gasteiger partial charge in [-0.3, -0.25) is 9.20 Å². The minimum atomic E-state index is 0.0454. The quantitative estimate of drug-likeness (QED) is 0.727. The fourth-order valence-corrected chi connectivity index (χ4v) is 3.54. The van der Waals surface area contributed by atoms with E-state index in [9.17, 15) is 4.79 Å². The van der Waals surface area contributed by atoms with Gasteiger partial charge in [0.1, 0.15) is 5.82 Å². The largest absolute Gasteiger partial charge is 0.305 e. The standard InChI is InChI=1S/C19H20N4O/c1-3-16-10-8-14-6-4-5-7-17(14)23(16)19(24)15-9-11-18-21-20-13(2)22(18)12-15/h4-7,9,11-12,16H,3,8,10H2,1-2H3/t16-/m0/s1. The third-order valence-electron chi connectivity index (χ3n) is 4.87. The Morgan fingerprint density at radius 3 is 2.88 bits per heavy atom. The number of fused-ring (bicyclic) bond motifs is 2. The van der Waals surface area contributed by atoms with Crippen LogP contribution in [0.5, 0.6) is 0 Å². The van der Waals surface area contributed by atoms with Crippen molar-refractivity contribution in [1.82, 2.24) is 14.6 Å². The molecule has 0 saturated carbocycles. The molecule has 0 N–H and O–H groups in total. The molecule has 0 bridgehead atoms. The Labute approximate surface area is 140 Å². The number of anilines is 1. The summed E-state index contributed by atoms with van der Waals surface area (Å²) in [5.41, 5.74) is 3.72. The van der Waals surface area contributed by atoms with E-state index in [-0.39, 0.29) is 11.9 Å². The number of aryl methyl sites for hydroxylation is 2. The highest BCUT2D eigenvalue weighted by Crippen LogP contribution is 2.33. The number of hydrogen-bond donors (Lipinski definition) is 0. The Balaban J connectivity index is 1.80. The van der Waals surface area contributed by atoms with Crippen LogP contribution in [0.2, 0.25) is 0 Å². The highest BCUT2D eigenvalue weighted by molar-refractivity contribution is 6.07. The van der Waals surface area contributed by atoms with Gasteiger partial charge in [-0.05, 0) is 49.9 Å². The zero-order valence-corrected chi connectivity index (χ0v) is 13.9. The van der Waals surface area contributed by atoms with Crippen molar-refractivity contribution < 1.29 is 4.79 Å². The summed E-state index contributed by atoms with van der Waals surface area (Å²) in [6.07, 6.45) is 4.83. The van der Waals surface area contributed by atoms with Crippen molar-refractivity contribution in [1.29, 1.82) is 0 Å². The molecule has 1 atom stereocenters. The maximum absolute atomic E-state index is 13.3. The number of pyridine rings is 1. The molecule has 0 spiro atoms. The fraction of sp³-hybridized carbons (Fsp3) is 0.316. The number of hydrogen-bond acceptors (Lipinski definition) is 3. The normalized spacial score (nSPS) is 17.1. The molecule has 3 heterocycles. The van der Waals surface area contributed by atoms with Gasteiger partial charge in [-0.2, -0.15) is 0 Å². The molecule has 1 aliphatic heterocycles. The number of para-hydroxylation sites is 1. The van der Waals surface area contributed by atoms with Crippen LogP contribution in [0.1, 0.15) is 41.5 Å². The predicted octanol–water partition coefficient (Wildman–Crippen LogP) is 3.41. The van der Waals surface area contributed by atoms with E-state index in [0.717, 1.165) is 36.4 Å². The lowest BCUT2D eigenvalue weighted by Crippen LogP contribution is -2.43. The first kappa shape index (κ1) is 14.9. The van der Waals surface area contributed by atoms with Crippen molar-refractivity contribution in [2.45, 2.75) is 39.2 Å². The van der Waals surface area contributed by atoms with Crippen LogP contribution in [0.25, 0.3) is 5.65 Å². The van der Waals surface area contributed by atoms with E-state index in [4.69, 9.17) is 0 Å². The average molecular weight is 320 g/mol. The minimum Gasteiger partial charge on any atom is -0.305 e. The first-order chi connectivity index (χ1) is 11.7. The zero-order chi connectivity index (χ0) is 16.7. The molecule has 3 aromatic rings. The summed E-state index contributed by atoms with van der Waals surface area (Å²) in [5.74, 6) is 0.828. The monoisotopic (exact) mass is 320 g/mol. The molecule has 1 aromatic carbocycles. The van der Waals surface area contributed by atoms with E-state index in [1.165, 1.54) is 5.56 Å². The second-order valence-electron chi connectivity index (χ2n) is 6.30. The van der Waals surface area contributed by atoms with Gasteiger partial charge in [0.15, 0.2) is 5.65 Å². The first-order valence-electron chi connectivity index (χ1n) is 8.42. The Bertz CT molecular complexity index is 915. The maximum Gasteiger partial charge on any atom is 0.260 e. The van der Waals surface area contributed by atoms with Crippen molar-refractivity contribution in [3.63, 3.8) is 0 Å². The molecule has 0 fully saturated rings. The van der Waals surface area contributed by atoms with Crippen LogP contribution < -0.4 is 4.90 Å².